The van der Waals surface area contributed by atoms with E-state index in [4.69, 9.17) is 9.47 Å². The smallest absolute Gasteiger partial charge is 0.339 e. The number of carbonyl (C=O) groups excluding carboxylic acids is 1. The van der Waals surface area contributed by atoms with Gasteiger partial charge in [-0.3, -0.25) is 4.89 Å². The first kappa shape index (κ1) is 12.3. The van der Waals surface area contributed by atoms with Gasteiger partial charge in [-0.2, -0.15) is 4.89 Å². The van der Waals surface area contributed by atoms with E-state index in [9.17, 15) is 4.79 Å². The molecule has 0 N–H and O–H groups in total. The number of ether oxygens (including phenoxy) is 2. The zero-order valence-corrected chi connectivity index (χ0v) is 8.08. The minimum Gasteiger partial charge on any atom is -0.379 e. The van der Waals surface area contributed by atoms with Gasteiger partial charge < -0.3 is 9.47 Å². The van der Waals surface area contributed by atoms with Gasteiger partial charge in [-0.15, -0.1) is 0 Å². The molecule has 0 aromatic carbocycles. The fraction of sp³-hybridized carbons (Fsp3) is 0.875. The Morgan fingerprint density at radius 2 is 1.69 bits per heavy atom. The summed E-state index contributed by atoms with van der Waals surface area (Å²) in [5, 5.41) is 0. The van der Waals surface area contributed by atoms with Crippen molar-refractivity contribution in [3.05, 3.63) is 0 Å². The summed E-state index contributed by atoms with van der Waals surface area (Å²) in [4.78, 5) is 18.9. The maximum absolute atomic E-state index is 10.2. The summed E-state index contributed by atoms with van der Waals surface area (Å²) < 4.78 is 10.1. The molecule has 0 rings (SSSR count). The second-order valence-corrected chi connectivity index (χ2v) is 2.21. The third-order valence-corrected chi connectivity index (χ3v) is 1.06. The van der Waals surface area contributed by atoms with E-state index in [1.165, 1.54) is 6.92 Å². The van der Waals surface area contributed by atoms with Crippen LogP contribution in [0.3, 0.4) is 0 Å². The molecule has 5 heteroatoms. The molecular weight excluding hydrogens is 176 g/mol. The summed E-state index contributed by atoms with van der Waals surface area (Å²) in [6, 6.07) is 0. The number of rotatable bonds is 8. The quantitative estimate of drug-likeness (QED) is 0.319. The van der Waals surface area contributed by atoms with Gasteiger partial charge in [0.1, 0.15) is 6.61 Å². The first-order valence-electron chi connectivity index (χ1n) is 4.23. The Balaban J connectivity index is 2.87. The SMILES string of the molecule is CCOCCOCCOOC(C)=O. The van der Waals surface area contributed by atoms with E-state index in [2.05, 4.69) is 9.78 Å². The minimum atomic E-state index is -0.464. The van der Waals surface area contributed by atoms with Crippen LogP contribution in [0.5, 0.6) is 0 Å². The predicted octanol–water partition coefficient (Wildman–Crippen LogP) is 0.534. The summed E-state index contributed by atoms with van der Waals surface area (Å²) in [5.74, 6) is -0.464. The Kier molecular flexibility index (Phi) is 8.97. The van der Waals surface area contributed by atoms with Gasteiger partial charge in [0, 0.05) is 13.5 Å². The standard InChI is InChI=1S/C8H16O5/c1-3-10-4-5-11-6-7-12-13-8(2)9/h3-7H2,1-2H3. The topological polar surface area (TPSA) is 54.0 Å². The lowest BCUT2D eigenvalue weighted by Gasteiger charge is -2.03. The molecule has 0 unspecified atom stereocenters. The fourth-order valence-electron chi connectivity index (χ4n) is 0.582. The van der Waals surface area contributed by atoms with Gasteiger partial charge in [0.2, 0.25) is 0 Å². The number of carbonyl (C=O) groups is 1. The first-order chi connectivity index (χ1) is 6.27. The molecular formula is C8H16O5. The van der Waals surface area contributed by atoms with Crippen LogP contribution < -0.4 is 0 Å². The molecule has 0 aromatic rings. The van der Waals surface area contributed by atoms with Gasteiger partial charge in [0.25, 0.3) is 0 Å². The molecule has 0 spiro atoms. The van der Waals surface area contributed by atoms with E-state index in [-0.39, 0.29) is 6.61 Å². The third kappa shape index (κ3) is 11.3. The summed E-state index contributed by atoms with van der Waals surface area (Å²) in [7, 11) is 0. The molecule has 0 bridgehead atoms. The molecule has 0 aliphatic heterocycles. The Labute approximate surface area is 77.8 Å². The Morgan fingerprint density at radius 3 is 2.31 bits per heavy atom. The van der Waals surface area contributed by atoms with Crippen molar-refractivity contribution < 1.29 is 24.0 Å². The molecule has 0 amide bonds. The maximum Gasteiger partial charge on any atom is 0.339 e. The van der Waals surface area contributed by atoms with Crippen LogP contribution in [0.15, 0.2) is 0 Å². The van der Waals surface area contributed by atoms with Crippen LogP contribution in [0.25, 0.3) is 0 Å². The highest BCUT2D eigenvalue weighted by molar-refractivity contribution is 5.65. The van der Waals surface area contributed by atoms with Gasteiger partial charge in [-0.1, -0.05) is 0 Å². The highest BCUT2D eigenvalue weighted by Crippen LogP contribution is 1.82. The normalized spacial score (nSPS) is 10.0. The van der Waals surface area contributed by atoms with Crippen LogP contribution in [0, 0.1) is 0 Å². The van der Waals surface area contributed by atoms with E-state index in [0.717, 1.165) is 0 Å². The highest BCUT2D eigenvalue weighted by atomic mass is 17.2. The van der Waals surface area contributed by atoms with E-state index >= 15 is 0 Å². The summed E-state index contributed by atoms with van der Waals surface area (Å²) >= 11 is 0. The molecule has 0 aliphatic rings. The van der Waals surface area contributed by atoms with Crippen LogP contribution in [0.4, 0.5) is 0 Å². The molecule has 78 valence electrons. The average molecular weight is 192 g/mol. The fourth-order valence-corrected chi connectivity index (χ4v) is 0.582. The van der Waals surface area contributed by atoms with Crippen molar-refractivity contribution in [2.24, 2.45) is 0 Å². The number of hydrogen-bond donors (Lipinski definition) is 0. The zero-order valence-electron chi connectivity index (χ0n) is 8.08. The summed E-state index contributed by atoms with van der Waals surface area (Å²) in [5.41, 5.74) is 0. The molecule has 0 heterocycles. The number of hydrogen-bond acceptors (Lipinski definition) is 5. The van der Waals surface area contributed by atoms with Crippen molar-refractivity contribution in [3.8, 4) is 0 Å². The Bertz CT molecular complexity index is 126. The molecule has 5 nitrogen and oxygen atoms in total. The monoisotopic (exact) mass is 192 g/mol. The molecule has 0 saturated heterocycles. The van der Waals surface area contributed by atoms with Crippen molar-refractivity contribution in [1.82, 2.24) is 0 Å². The van der Waals surface area contributed by atoms with Crippen LogP contribution in [0.1, 0.15) is 13.8 Å². The second kappa shape index (κ2) is 9.44. The van der Waals surface area contributed by atoms with Crippen molar-refractivity contribution in [2.45, 2.75) is 13.8 Å². The van der Waals surface area contributed by atoms with Crippen LogP contribution in [-0.4, -0.2) is 39.0 Å². The minimum absolute atomic E-state index is 0.242. The van der Waals surface area contributed by atoms with Gasteiger partial charge >= 0.3 is 5.97 Å². The zero-order chi connectivity index (χ0) is 9.94. The van der Waals surface area contributed by atoms with E-state index in [0.29, 0.717) is 26.4 Å². The average Bonchev–Trinajstić information content (AvgIpc) is 2.09. The Morgan fingerprint density at radius 1 is 1.08 bits per heavy atom. The van der Waals surface area contributed by atoms with Crippen molar-refractivity contribution in [3.63, 3.8) is 0 Å². The van der Waals surface area contributed by atoms with Crippen LogP contribution >= 0.6 is 0 Å². The molecule has 0 atom stereocenters. The van der Waals surface area contributed by atoms with Gasteiger partial charge in [0.15, 0.2) is 0 Å². The lowest BCUT2D eigenvalue weighted by Crippen LogP contribution is -2.10. The van der Waals surface area contributed by atoms with Gasteiger partial charge in [0.05, 0.1) is 19.8 Å². The lowest BCUT2D eigenvalue weighted by molar-refractivity contribution is -0.274. The third-order valence-electron chi connectivity index (χ3n) is 1.06. The molecule has 0 aliphatic carbocycles. The molecule has 0 fully saturated rings. The lowest BCUT2D eigenvalue weighted by atomic mass is 10.7. The van der Waals surface area contributed by atoms with E-state index < -0.39 is 5.97 Å². The van der Waals surface area contributed by atoms with Crippen molar-refractivity contribution in [2.75, 3.05) is 33.0 Å². The van der Waals surface area contributed by atoms with Crippen LogP contribution in [-0.2, 0) is 24.0 Å². The summed E-state index contributed by atoms with van der Waals surface area (Å²) in [6.07, 6.45) is 0. The van der Waals surface area contributed by atoms with Crippen LogP contribution in [0.2, 0.25) is 0 Å². The van der Waals surface area contributed by atoms with Gasteiger partial charge in [-0.05, 0) is 6.92 Å². The largest absolute Gasteiger partial charge is 0.379 e. The highest BCUT2D eigenvalue weighted by Gasteiger charge is 1.93. The Hall–Kier alpha value is -0.650. The van der Waals surface area contributed by atoms with E-state index in [1.54, 1.807) is 0 Å². The molecule has 0 saturated carbocycles. The molecule has 0 aromatic heterocycles. The molecule has 13 heavy (non-hydrogen) atoms. The predicted molar refractivity (Wildman–Crippen MR) is 45.0 cm³/mol. The van der Waals surface area contributed by atoms with Crippen molar-refractivity contribution in [1.29, 1.82) is 0 Å². The van der Waals surface area contributed by atoms with Gasteiger partial charge in [-0.25, -0.2) is 4.79 Å². The summed E-state index contributed by atoms with van der Waals surface area (Å²) in [6.45, 7) is 5.61. The second-order valence-electron chi connectivity index (χ2n) is 2.21. The van der Waals surface area contributed by atoms with Crippen molar-refractivity contribution >= 4 is 5.97 Å². The maximum atomic E-state index is 10.2. The molecule has 0 radical (unpaired) electrons. The first-order valence-corrected chi connectivity index (χ1v) is 4.23. The van der Waals surface area contributed by atoms with E-state index in [1.807, 2.05) is 6.92 Å².